The van der Waals surface area contributed by atoms with Gasteiger partial charge in [-0.2, -0.15) is 0 Å². The fourth-order valence-corrected chi connectivity index (χ4v) is 4.11. The summed E-state index contributed by atoms with van der Waals surface area (Å²) in [5, 5.41) is 3.13. The molecule has 5 heteroatoms. The average molecular weight is 364 g/mol. The fraction of sp³-hybridized carbons (Fsp3) is 0.364. The summed E-state index contributed by atoms with van der Waals surface area (Å²) in [6.07, 6.45) is 2.56. The van der Waals surface area contributed by atoms with Gasteiger partial charge in [-0.3, -0.25) is 9.59 Å². The molecule has 0 unspecified atom stereocenters. The van der Waals surface area contributed by atoms with Crippen LogP contribution in [0.25, 0.3) is 0 Å². The lowest BCUT2D eigenvalue weighted by Crippen LogP contribution is -2.44. The van der Waals surface area contributed by atoms with Crippen molar-refractivity contribution in [2.75, 3.05) is 30.5 Å². The van der Waals surface area contributed by atoms with E-state index in [0.717, 1.165) is 22.5 Å². The van der Waals surface area contributed by atoms with Crippen LogP contribution >= 0.6 is 0 Å². The van der Waals surface area contributed by atoms with Gasteiger partial charge >= 0.3 is 0 Å². The lowest BCUT2D eigenvalue weighted by Gasteiger charge is -2.36. The Hall–Kier alpha value is -2.66. The van der Waals surface area contributed by atoms with Crippen LogP contribution in [-0.2, 0) is 26.2 Å². The highest BCUT2D eigenvalue weighted by Gasteiger charge is 2.41. The maximum absolute atomic E-state index is 13.3. The van der Waals surface area contributed by atoms with E-state index in [0.29, 0.717) is 38.9 Å². The van der Waals surface area contributed by atoms with E-state index in [-0.39, 0.29) is 11.8 Å². The highest BCUT2D eigenvalue weighted by Crippen LogP contribution is 2.37. The van der Waals surface area contributed by atoms with Crippen LogP contribution in [0.4, 0.5) is 11.4 Å². The SMILES string of the molecule is CN1C(=O)CCc2cc(NC(=O)C3(c4ccccc4)CCOCC3)ccc21. The molecule has 0 aromatic heterocycles. The van der Waals surface area contributed by atoms with Gasteiger partial charge < -0.3 is 15.0 Å². The molecule has 0 saturated carbocycles. The number of carbonyl (C=O) groups excluding carboxylic acids is 2. The van der Waals surface area contributed by atoms with Crippen molar-refractivity contribution in [3.05, 3.63) is 59.7 Å². The van der Waals surface area contributed by atoms with Gasteiger partial charge in [0.2, 0.25) is 11.8 Å². The van der Waals surface area contributed by atoms with Crippen molar-refractivity contribution in [1.82, 2.24) is 0 Å². The van der Waals surface area contributed by atoms with Crippen molar-refractivity contribution < 1.29 is 14.3 Å². The predicted molar refractivity (Wildman–Crippen MR) is 105 cm³/mol. The molecule has 2 aliphatic heterocycles. The largest absolute Gasteiger partial charge is 0.381 e. The summed E-state index contributed by atoms with van der Waals surface area (Å²) in [6.45, 7) is 1.17. The van der Waals surface area contributed by atoms with Crippen molar-refractivity contribution in [3.8, 4) is 0 Å². The highest BCUT2D eigenvalue weighted by atomic mass is 16.5. The quantitative estimate of drug-likeness (QED) is 0.909. The van der Waals surface area contributed by atoms with Crippen LogP contribution in [0.3, 0.4) is 0 Å². The minimum Gasteiger partial charge on any atom is -0.381 e. The number of ether oxygens (including phenoxy) is 1. The van der Waals surface area contributed by atoms with Crippen LogP contribution in [0.1, 0.15) is 30.4 Å². The molecule has 4 rings (SSSR count). The van der Waals surface area contributed by atoms with Crippen molar-refractivity contribution in [3.63, 3.8) is 0 Å². The van der Waals surface area contributed by atoms with Crippen molar-refractivity contribution in [2.45, 2.75) is 31.1 Å². The first-order valence-corrected chi connectivity index (χ1v) is 9.44. The zero-order chi connectivity index (χ0) is 18.9. The number of fused-ring (bicyclic) bond motifs is 1. The summed E-state index contributed by atoms with van der Waals surface area (Å²) in [5.74, 6) is 0.140. The smallest absolute Gasteiger partial charge is 0.235 e. The molecule has 140 valence electrons. The van der Waals surface area contributed by atoms with E-state index in [4.69, 9.17) is 4.74 Å². The van der Waals surface area contributed by atoms with Crippen molar-refractivity contribution >= 4 is 23.2 Å². The third kappa shape index (κ3) is 3.23. The first-order valence-electron chi connectivity index (χ1n) is 9.44. The monoisotopic (exact) mass is 364 g/mol. The van der Waals surface area contributed by atoms with Gasteiger partial charge in [-0.25, -0.2) is 0 Å². The molecule has 0 bridgehead atoms. The molecule has 2 aromatic carbocycles. The Bertz CT molecular complexity index is 857. The Morgan fingerprint density at radius 2 is 1.81 bits per heavy atom. The maximum Gasteiger partial charge on any atom is 0.235 e. The fourth-order valence-electron chi connectivity index (χ4n) is 4.11. The second-order valence-corrected chi connectivity index (χ2v) is 7.31. The third-order valence-corrected chi connectivity index (χ3v) is 5.79. The van der Waals surface area contributed by atoms with Gasteiger partial charge in [0.15, 0.2) is 0 Å². The molecule has 0 radical (unpaired) electrons. The molecule has 0 atom stereocenters. The van der Waals surface area contributed by atoms with Crippen LogP contribution in [-0.4, -0.2) is 32.1 Å². The minimum absolute atomic E-state index is 0.0113. The number of hydrogen-bond acceptors (Lipinski definition) is 3. The Morgan fingerprint density at radius 1 is 1.07 bits per heavy atom. The maximum atomic E-state index is 13.3. The van der Waals surface area contributed by atoms with Crippen LogP contribution in [0.5, 0.6) is 0 Å². The topological polar surface area (TPSA) is 58.6 Å². The second kappa shape index (κ2) is 7.16. The number of anilines is 2. The van der Waals surface area contributed by atoms with Gasteiger partial charge in [-0.05, 0) is 48.6 Å². The van der Waals surface area contributed by atoms with Crippen molar-refractivity contribution in [2.24, 2.45) is 0 Å². The third-order valence-electron chi connectivity index (χ3n) is 5.79. The molecular formula is C22H24N2O3. The second-order valence-electron chi connectivity index (χ2n) is 7.31. The molecule has 27 heavy (non-hydrogen) atoms. The number of hydrogen-bond donors (Lipinski definition) is 1. The van der Waals surface area contributed by atoms with Crippen LogP contribution < -0.4 is 10.2 Å². The molecule has 5 nitrogen and oxygen atoms in total. The minimum atomic E-state index is -0.567. The Morgan fingerprint density at radius 3 is 2.56 bits per heavy atom. The lowest BCUT2D eigenvalue weighted by atomic mass is 9.73. The first-order chi connectivity index (χ1) is 13.1. The van der Waals surface area contributed by atoms with E-state index in [9.17, 15) is 9.59 Å². The summed E-state index contributed by atoms with van der Waals surface area (Å²) in [7, 11) is 1.80. The molecule has 1 saturated heterocycles. The van der Waals surface area contributed by atoms with Crippen LogP contribution in [0, 0.1) is 0 Å². The number of nitrogens with one attached hydrogen (secondary N) is 1. The van der Waals surface area contributed by atoms with E-state index in [2.05, 4.69) is 5.32 Å². The number of rotatable bonds is 3. The molecular weight excluding hydrogens is 340 g/mol. The average Bonchev–Trinajstić information content (AvgIpc) is 2.72. The summed E-state index contributed by atoms with van der Waals surface area (Å²) in [5.41, 5.74) is 3.27. The van der Waals surface area contributed by atoms with Gasteiger partial charge in [-0.15, -0.1) is 0 Å². The zero-order valence-electron chi connectivity index (χ0n) is 15.5. The number of carbonyl (C=O) groups is 2. The molecule has 2 aromatic rings. The van der Waals surface area contributed by atoms with Gasteiger partial charge in [0, 0.05) is 38.1 Å². The molecule has 1 N–H and O–H groups in total. The van der Waals surface area contributed by atoms with E-state index in [1.54, 1.807) is 11.9 Å². The Kier molecular flexibility index (Phi) is 4.70. The van der Waals surface area contributed by atoms with Gasteiger partial charge in [0.25, 0.3) is 0 Å². The first kappa shape index (κ1) is 17.7. The summed E-state index contributed by atoms with van der Waals surface area (Å²) in [6, 6.07) is 15.8. The predicted octanol–water partition coefficient (Wildman–Crippen LogP) is 3.28. The van der Waals surface area contributed by atoms with E-state index in [1.165, 1.54) is 0 Å². The lowest BCUT2D eigenvalue weighted by molar-refractivity contribution is -0.125. The standard InChI is InChI=1S/C22H24N2O3/c1-24-19-9-8-18(15-16(19)7-10-20(24)25)23-21(26)22(11-13-27-14-12-22)17-5-3-2-4-6-17/h2-6,8-9,15H,7,10-14H2,1H3,(H,23,26). The van der Waals surface area contributed by atoms with Gasteiger partial charge in [0.1, 0.15) is 0 Å². The van der Waals surface area contributed by atoms with E-state index in [1.807, 2.05) is 48.5 Å². The zero-order valence-corrected chi connectivity index (χ0v) is 15.5. The number of aryl methyl sites for hydroxylation is 1. The van der Waals surface area contributed by atoms with Gasteiger partial charge in [0.05, 0.1) is 5.41 Å². The van der Waals surface area contributed by atoms with Crippen LogP contribution in [0.2, 0.25) is 0 Å². The van der Waals surface area contributed by atoms with E-state index >= 15 is 0 Å². The summed E-state index contributed by atoms with van der Waals surface area (Å²) >= 11 is 0. The summed E-state index contributed by atoms with van der Waals surface area (Å²) < 4.78 is 5.53. The van der Waals surface area contributed by atoms with Crippen molar-refractivity contribution in [1.29, 1.82) is 0 Å². The van der Waals surface area contributed by atoms with Gasteiger partial charge in [-0.1, -0.05) is 30.3 Å². The molecule has 2 amide bonds. The molecule has 2 heterocycles. The molecule has 1 fully saturated rings. The normalized spacial score (nSPS) is 18.7. The molecule has 2 aliphatic rings. The number of benzene rings is 2. The number of nitrogens with zero attached hydrogens (tertiary/aromatic N) is 1. The molecule has 0 aliphatic carbocycles. The summed E-state index contributed by atoms with van der Waals surface area (Å²) in [4.78, 5) is 26.9. The van der Waals surface area contributed by atoms with E-state index < -0.39 is 5.41 Å². The Balaban J connectivity index is 1.61. The van der Waals surface area contributed by atoms with Crippen LogP contribution in [0.15, 0.2) is 48.5 Å². The Labute approximate surface area is 159 Å². The number of amides is 2. The molecule has 0 spiro atoms. The highest BCUT2D eigenvalue weighted by molar-refractivity contribution is 6.00.